The van der Waals surface area contributed by atoms with Crippen molar-refractivity contribution in [3.05, 3.63) is 52.5 Å². The number of piperazine rings is 1. The van der Waals surface area contributed by atoms with Gasteiger partial charge in [0.1, 0.15) is 5.69 Å². The minimum Gasteiger partial charge on any atom is -0.335 e. The highest BCUT2D eigenvalue weighted by molar-refractivity contribution is 7.89. The number of hydrogen-bond donors (Lipinski definition) is 0. The van der Waals surface area contributed by atoms with Crippen LogP contribution in [0.15, 0.2) is 41.2 Å². The van der Waals surface area contributed by atoms with Crippen LogP contribution in [0.1, 0.15) is 16.1 Å². The number of rotatable bonds is 5. The van der Waals surface area contributed by atoms with Crippen molar-refractivity contribution in [2.45, 2.75) is 6.42 Å². The molecule has 0 saturated carbocycles. The monoisotopic (exact) mass is 365 g/mol. The molecule has 0 atom stereocenters. The number of hydrogen-bond acceptors (Lipinski definition) is 5. The SMILES string of the molecule is O=C(c1cscn1)N1CCN(S(=O)(=O)CCc2ccccc2)CC1. The van der Waals surface area contributed by atoms with E-state index in [9.17, 15) is 13.2 Å². The number of sulfonamides is 1. The molecule has 0 spiro atoms. The van der Waals surface area contributed by atoms with Gasteiger partial charge in [-0.3, -0.25) is 4.79 Å². The Kier molecular flexibility index (Phi) is 5.27. The van der Waals surface area contributed by atoms with Crippen LogP contribution in [-0.4, -0.2) is 60.4 Å². The van der Waals surface area contributed by atoms with Crippen LogP contribution >= 0.6 is 11.3 Å². The molecule has 1 aromatic heterocycles. The van der Waals surface area contributed by atoms with E-state index in [-0.39, 0.29) is 11.7 Å². The van der Waals surface area contributed by atoms with E-state index in [4.69, 9.17) is 0 Å². The van der Waals surface area contributed by atoms with E-state index < -0.39 is 10.0 Å². The molecule has 0 aliphatic carbocycles. The van der Waals surface area contributed by atoms with E-state index in [2.05, 4.69) is 4.98 Å². The van der Waals surface area contributed by atoms with Gasteiger partial charge in [-0.1, -0.05) is 30.3 Å². The zero-order valence-corrected chi connectivity index (χ0v) is 14.8. The van der Waals surface area contributed by atoms with Crippen LogP contribution in [0.25, 0.3) is 0 Å². The summed E-state index contributed by atoms with van der Waals surface area (Å²) in [5.74, 6) is -0.0329. The van der Waals surface area contributed by atoms with Crippen molar-refractivity contribution in [3.63, 3.8) is 0 Å². The minimum absolute atomic E-state index is 0.0943. The lowest BCUT2D eigenvalue weighted by Crippen LogP contribution is -2.51. The van der Waals surface area contributed by atoms with Gasteiger partial charge in [0.15, 0.2) is 0 Å². The van der Waals surface area contributed by atoms with E-state index >= 15 is 0 Å². The van der Waals surface area contributed by atoms with Gasteiger partial charge in [0, 0.05) is 31.6 Å². The van der Waals surface area contributed by atoms with Crippen molar-refractivity contribution in [3.8, 4) is 0 Å². The number of amides is 1. The van der Waals surface area contributed by atoms with Crippen LogP contribution in [0, 0.1) is 0 Å². The molecule has 0 N–H and O–H groups in total. The molecule has 2 heterocycles. The second-order valence-corrected chi connectivity index (χ2v) is 8.42. The summed E-state index contributed by atoms with van der Waals surface area (Å²) < 4.78 is 26.4. The van der Waals surface area contributed by atoms with Crippen LogP contribution in [-0.2, 0) is 16.4 Å². The fraction of sp³-hybridized carbons (Fsp3) is 0.375. The molecule has 3 rings (SSSR count). The molecular weight excluding hydrogens is 346 g/mol. The lowest BCUT2D eigenvalue weighted by Gasteiger charge is -2.33. The fourth-order valence-electron chi connectivity index (χ4n) is 2.67. The lowest BCUT2D eigenvalue weighted by atomic mass is 10.2. The van der Waals surface area contributed by atoms with Gasteiger partial charge in [0.2, 0.25) is 10.0 Å². The predicted molar refractivity (Wildman–Crippen MR) is 93.5 cm³/mol. The molecule has 1 aliphatic rings. The second-order valence-electron chi connectivity index (χ2n) is 5.62. The van der Waals surface area contributed by atoms with E-state index in [1.807, 2.05) is 30.3 Å². The Bertz CT molecular complexity index is 768. The number of benzene rings is 1. The van der Waals surface area contributed by atoms with Crippen molar-refractivity contribution in [2.75, 3.05) is 31.9 Å². The van der Waals surface area contributed by atoms with Gasteiger partial charge in [-0.15, -0.1) is 11.3 Å². The molecule has 1 amide bonds. The maximum Gasteiger partial charge on any atom is 0.273 e. The van der Waals surface area contributed by atoms with Crippen molar-refractivity contribution in [2.24, 2.45) is 0 Å². The summed E-state index contributed by atoms with van der Waals surface area (Å²) in [7, 11) is -3.30. The molecular formula is C16H19N3O3S2. The smallest absolute Gasteiger partial charge is 0.273 e. The summed E-state index contributed by atoms with van der Waals surface area (Å²) in [5, 5.41) is 1.71. The number of carbonyl (C=O) groups is 1. The highest BCUT2D eigenvalue weighted by Crippen LogP contribution is 2.13. The number of thiazole rings is 1. The van der Waals surface area contributed by atoms with E-state index in [0.29, 0.717) is 38.3 Å². The van der Waals surface area contributed by atoms with Gasteiger partial charge >= 0.3 is 0 Å². The Morgan fingerprint density at radius 2 is 1.83 bits per heavy atom. The summed E-state index contributed by atoms with van der Waals surface area (Å²) in [6.45, 7) is 1.49. The topological polar surface area (TPSA) is 70.6 Å². The molecule has 1 fully saturated rings. The van der Waals surface area contributed by atoms with Crippen LogP contribution in [0.3, 0.4) is 0 Å². The molecule has 0 bridgehead atoms. The van der Waals surface area contributed by atoms with Crippen molar-refractivity contribution in [1.29, 1.82) is 0 Å². The maximum atomic E-state index is 12.5. The largest absolute Gasteiger partial charge is 0.335 e. The third-order valence-electron chi connectivity index (χ3n) is 4.06. The van der Waals surface area contributed by atoms with Crippen LogP contribution in [0.5, 0.6) is 0 Å². The first kappa shape index (κ1) is 17.1. The molecule has 2 aromatic rings. The Balaban J connectivity index is 1.54. The van der Waals surface area contributed by atoms with Gasteiger partial charge in [-0.25, -0.2) is 13.4 Å². The summed E-state index contributed by atoms with van der Waals surface area (Å²) >= 11 is 1.38. The summed E-state index contributed by atoms with van der Waals surface area (Å²) in [4.78, 5) is 17.9. The maximum absolute atomic E-state index is 12.5. The average molecular weight is 365 g/mol. The zero-order chi connectivity index (χ0) is 17.0. The van der Waals surface area contributed by atoms with E-state index in [1.54, 1.807) is 15.8 Å². The van der Waals surface area contributed by atoms with E-state index in [0.717, 1.165) is 5.56 Å². The van der Waals surface area contributed by atoms with Gasteiger partial charge in [-0.05, 0) is 12.0 Å². The Morgan fingerprint density at radius 3 is 2.46 bits per heavy atom. The predicted octanol–water partition coefficient (Wildman–Crippen LogP) is 1.47. The molecule has 0 radical (unpaired) electrons. The third kappa shape index (κ3) is 4.00. The molecule has 24 heavy (non-hydrogen) atoms. The normalized spacial score (nSPS) is 16.2. The van der Waals surface area contributed by atoms with Gasteiger partial charge in [-0.2, -0.15) is 4.31 Å². The lowest BCUT2D eigenvalue weighted by molar-refractivity contribution is 0.0693. The van der Waals surface area contributed by atoms with Crippen LogP contribution < -0.4 is 0 Å². The molecule has 0 unspecified atom stereocenters. The van der Waals surface area contributed by atoms with Gasteiger partial charge in [0.25, 0.3) is 5.91 Å². The molecule has 6 nitrogen and oxygen atoms in total. The van der Waals surface area contributed by atoms with Crippen molar-refractivity contribution in [1.82, 2.24) is 14.2 Å². The Hall–Kier alpha value is -1.77. The first-order chi connectivity index (χ1) is 11.6. The van der Waals surface area contributed by atoms with Crippen molar-refractivity contribution >= 4 is 27.3 Å². The van der Waals surface area contributed by atoms with Crippen molar-refractivity contribution < 1.29 is 13.2 Å². The minimum atomic E-state index is -3.30. The number of aryl methyl sites for hydroxylation is 1. The zero-order valence-electron chi connectivity index (χ0n) is 13.2. The molecule has 128 valence electrons. The number of aromatic nitrogens is 1. The summed E-state index contributed by atoms with van der Waals surface area (Å²) in [6.07, 6.45) is 0.501. The molecule has 1 aromatic carbocycles. The highest BCUT2D eigenvalue weighted by Gasteiger charge is 2.29. The summed E-state index contributed by atoms with van der Waals surface area (Å²) in [6, 6.07) is 9.59. The number of nitrogens with zero attached hydrogens (tertiary/aromatic N) is 3. The average Bonchev–Trinajstić information content (AvgIpc) is 3.15. The van der Waals surface area contributed by atoms with Crippen LogP contribution in [0.4, 0.5) is 0 Å². The fourth-order valence-corrected chi connectivity index (χ4v) is 4.67. The number of carbonyl (C=O) groups excluding carboxylic acids is 1. The third-order valence-corrected chi connectivity index (χ3v) is 6.52. The van der Waals surface area contributed by atoms with Crippen LogP contribution in [0.2, 0.25) is 0 Å². The van der Waals surface area contributed by atoms with Gasteiger partial charge in [0.05, 0.1) is 11.3 Å². The second kappa shape index (κ2) is 7.42. The first-order valence-electron chi connectivity index (χ1n) is 7.75. The van der Waals surface area contributed by atoms with Gasteiger partial charge < -0.3 is 4.90 Å². The Morgan fingerprint density at radius 1 is 1.12 bits per heavy atom. The van der Waals surface area contributed by atoms with E-state index in [1.165, 1.54) is 15.6 Å². The summed E-state index contributed by atoms with van der Waals surface area (Å²) in [5.41, 5.74) is 3.07. The standard InChI is InChI=1S/C16H19N3O3S2/c20-16(15-12-23-13-17-15)18-7-9-19(10-8-18)24(21,22)11-6-14-4-2-1-3-5-14/h1-5,12-13H,6-11H2. The first-order valence-corrected chi connectivity index (χ1v) is 10.3. The molecule has 1 aliphatic heterocycles. The molecule has 1 saturated heterocycles. The highest BCUT2D eigenvalue weighted by atomic mass is 32.2. The quantitative estimate of drug-likeness (QED) is 0.805. The Labute approximate surface area is 145 Å². The molecule has 8 heteroatoms.